The molecular weight excluding hydrogens is 260 g/mol. The first-order chi connectivity index (χ1) is 9.88. The van der Waals surface area contributed by atoms with Crippen LogP contribution in [0.4, 0.5) is 0 Å². The van der Waals surface area contributed by atoms with Gasteiger partial charge in [-0.15, -0.1) is 0 Å². The number of hydrogen-bond donors (Lipinski definition) is 0. The molecule has 0 aliphatic heterocycles. The van der Waals surface area contributed by atoms with Crippen molar-refractivity contribution >= 4 is 5.97 Å². The van der Waals surface area contributed by atoms with Crippen LogP contribution in [0.5, 0.6) is 0 Å². The summed E-state index contributed by atoms with van der Waals surface area (Å²) in [7, 11) is 0. The van der Waals surface area contributed by atoms with Crippen LogP contribution in [-0.2, 0) is 4.74 Å². The van der Waals surface area contributed by atoms with E-state index in [-0.39, 0.29) is 12.1 Å². The molecule has 0 unspecified atom stereocenters. The van der Waals surface area contributed by atoms with E-state index in [0.29, 0.717) is 23.3 Å². The molecule has 1 fully saturated rings. The highest BCUT2D eigenvalue weighted by molar-refractivity contribution is 5.89. The lowest BCUT2D eigenvalue weighted by Crippen LogP contribution is -2.35. The van der Waals surface area contributed by atoms with E-state index in [0.717, 1.165) is 12.0 Å². The smallest absolute Gasteiger partial charge is 0.338 e. The van der Waals surface area contributed by atoms with E-state index in [1.807, 2.05) is 25.1 Å². The Hall–Kier alpha value is -1.31. The maximum Gasteiger partial charge on any atom is 0.338 e. The van der Waals surface area contributed by atoms with Crippen LogP contribution in [0.15, 0.2) is 18.2 Å². The van der Waals surface area contributed by atoms with Crippen molar-refractivity contribution in [1.29, 1.82) is 0 Å². The van der Waals surface area contributed by atoms with Gasteiger partial charge in [-0.1, -0.05) is 33.3 Å². The SMILES string of the molecule is Cc1ccc(C(=O)O[C@@H]2C[C@H](C)CC[C@@H]2C(C)C)cc1C. The normalized spacial score (nSPS) is 25.9. The molecule has 1 aliphatic rings. The molecule has 0 N–H and O–H groups in total. The van der Waals surface area contributed by atoms with Gasteiger partial charge in [-0.3, -0.25) is 0 Å². The number of esters is 1. The van der Waals surface area contributed by atoms with Crippen LogP contribution in [0.1, 0.15) is 61.5 Å². The summed E-state index contributed by atoms with van der Waals surface area (Å²) in [5, 5.41) is 0. The number of carbonyl (C=O) groups excluding carboxylic acids is 1. The second-order valence-corrected chi connectivity index (χ2v) is 7.07. The zero-order chi connectivity index (χ0) is 15.6. The molecule has 2 nitrogen and oxygen atoms in total. The summed E-state index contributed by atoms with van der Waals surface area (Å²) in [6, 6.07) is 5.81. The molecule has 1 aromatic rings. The maximum absolute atomic E-state index is 12.4. The lowest BCUT2D eigenvalue weighted by Gasteiger charge is -2.36. The van der Waals surface area contributed by atoms with E-state index < -0.39 is 0 Å². The van der Waals surface area contributed by atoms with Crippen molar-refractivity contribution in [3.05, 3.63) is 34.9 Å². The molecule has 0 aromatic heterocycles. The Kier molecular flexibility index (Phi) is 5.08. The molecule has 1 saturated carbocycles. The lowest BCUT2D eigenvalue weighted by molar-refractivity contribution is -0.0174. The highest BCUT2D eigenvalue weighted by Crippen LogP contribution is 2.35. The van der Waals surface area contributed by atoms with Crippen LogP contribution in [0.3, 0.4) is 0 Å². The fourth-order valence-electron chi connectivity index (χ4n) is 3.32. The Bertz CT molecular complexity index is 504. The molecule has 0 amide bonds. The fourth-order valence-corrected chi connectivity index (χ4v) is 3.32. The molecule has 0 spiro atoms. The van der Waals surface area contributed by atoms with Gasteiger partial charge in [0.15, 0.2) is 0 Å². The van der Waals surface area contributed by atoms with Crippen LogP contribution in [0.2, 0.25) is 0 Å². The van der Waals surface area contributed by atoms with Crippen LogP contribution < -0.4 is 0 Å². The first-order valence-electron chi connectivity index (χ1n) is 8.16. The van der Waals surface area contributed by atoms with Gasteiger partial charge < -0.3 is 4.74 Å². The first-order valence-corrected chi connectivity index (χ1v) is 8.16. The summed E-state index contributed by atoms with van der Waals surface area (Å²) < 4.78 is 5.88. The van der Waals surface area contributed by atoms with E-state index in [1.165, 1.54) is 18.4 Å². The Morgan fingerprint density at radius 1 is 1.19 bits per heavy atom. The van der Waals surface area contributed by atoms with Crippen LogP contribution in [0, 0.1) is 31.6 Å². The second-order valence-electron chi connectivity index (χ2n) is 7.07. The summed E-state index contributed by atoms with van der Waals surface area (Å²) in [6.45, 7) is 10.8. The zero-order valence-corrected chi connectivity index (χ0v) is 14.0. The van der Waals surface area contributed by atoms with Gasteiger partial charge >= 0.3 is 5.97 Å². The van der Waals surface area contributed by atoms with Gasteiger partial charge in [-0.25, -0.2) is 4.79 Å². The number of aryl methyl sites for hydroxylation is 2. The minimum atomic E-state index is -0.164. The molecule has 0 heterocycles. The molecule has 116 valence electrons. The topological polar surface area (TPSA) is 26.3 Å². The number of hydrogen-bond acceptors (Lipinski definition) is 2. The minimum Gasteiger partial charge on any atom is -0.458 e. The van der Waals surface area contributed by atoms with Crippen molar-refractivity contribution in [1.82, 2.24) is 0 Å². The Morgan fingerprint density at radius 2 is 1.90 bits per heavy atom. The van der Waals surface area contributed by atoms with E-state index in [1.54, 1.807) is 0 Å². The predicted molar refractivity (Wildman–Crippen MR) is 86.5 cm³/mol. The van der Waals surface area contributed by atoms with E-state index in [9.17, 15) is 4.79 Å². The van der Waals surface area contributed by atoms with Gasteiger partial charge in [0.1, 0.15) is 6.10 Å². The standard InChI is InChI=1S/C19H28O2/c1-12(2)17-9-6-13(3)10-18(17)21-19(20)16-8-7-14(4)15(5)11-16/h7-8,11-13,17-18H,6,9-10H2,1-5H3/t13-,17-,18-/m1/s1. The fraction of sp³-hybridized carbons (Fsp3) is 0.632. The number of benzene rings is 1. The Morgan fingerprint density at radius 3 is 2.52 bits per heavy atom. The third-order valence-electron chi connectivity index (χ3n) is 4.96. The minimum absolute atomic E-state index is 0.0721. The molecule has 21 heavy (non-hydrogen) atoms. The average Bonchev–Trinajstić information content (AvgIpc) is 2.41. The quantitative estimate of drug-likeness (QED) is 0.738. The van der Waals surface area contributed by atoms with Crippen molar-refractivity contribution in [3.63, 3.8) is 0 Å². The first kappa shape index (κ1) is 16.1. The number of ether oxygens (including phenoxy) is 1. The van der Waals surface area contributed by atoms with Crippen molar-refractivity contribution in [2.24, 2.45) is 17.8 Å². The summed E-state index contributed by atoms with van der Waals surface area (Å²) in [6.07, 6.45) is 3.49. The number of rotatable bonds is 3. The van der Waals surface area contributed by atoms with E-state index in [4.69, 9.17) is 4.74 Å². The summed E-state index contributed by atoms with van der Waals surface area (Å²) in [5.41, 5.74) is 3.03. The molecule has 3 atom stereocenters. The third kappa shape index (κ3) is 3.87. The predicted octanol–water partition coefficient (Wildman–Crippen LogP) is 4.92. The van der Waals surface area contributed by atoms with Crippen LogP contribution in [-0.4, -0.2) is 12.1 Å². The molecule has 0 saturated heterocycles. The summed E-state index contributed by atoms with van der Waals surface area (Å²) in [4.78, 5) is 12.4. The summed E-state index contributed by atoms with van der Waals surface area (Å²) in [5.74, 6) is 1.55. The molecule has 2 heteroatoms. The molecule has 1 aliphatic carbocycles. The molecule has 0 bridgehead atoms. The largest absolute Gasteiger partial charge is 0.458 e. The third-order valence-corrected chi connectivity index (χ3v) is 4.96. The monoisotopic (exact) mass is 288 g/mol. The van der Waals surface area contributed by atoms with Gasteiger partial charge in [0.2, 0.25) is 0 Å². The second kappa shape index (κ2) is 6.64. The highest BCUT2D eigenvalue weighted by Gasteiger charge is 2.33. The van der Waals surface area contributed by atoms with Gasteiger partial charge in [-0.2, -0.15) is 0 Å². The van der Waals surface area contributed by atoms with Crippen molar-refractivity contribution in [2.75, 3.05) is 0 Å². The van der Waals surface area contributed by atoms with Crippen molar-refractivity contribution in [2.45, 2.75) is 60.0 Å². The van der Waals surface area contributed by atoms with Gasteiger partial charge in [0.25, 0.3) is 0 Å². The summed E-state index contributed by atoms with van der Waals surface area (Å²) >= 11 is 0. The van der Waals surface area contributed by atoms with Crippen LogP contribution >= 0.6 is 0 Å². The molecule has 0 radical (unpaired) electrons. The van der Waals surface area contributed by atoms with Gasteiger partial charge in [0.05, 0.1) is 5.56 Å². The highest BCUT2D eigenvalue weighted by atomic mass is 16.5. The zero-order valence-electron chi connectivity index (χ0n) is 14.0. The van der Waals surface area contributed by atoms with Crippen molar-refractivity contribution in [3.8, 4) is 0 Å². The van der Waals surface area contributed by atoms with Gasteiger partial charge in [0, 0.05) is 0 Å². The number of carbonyl (C=O) groups is 1. The molecular formula is C19H28O2. The average molecular weight is 288 g/mol. The van der Waals surface area contributed by atoms with Crippen LogP contribution in [0.25, 0.3) is 0 Å². The molecule has 2 rings (SSSR count). The van der Waals surface area contributed by atoms with Crippen molar-refractivity contribution < 1.29 is 9.53 Å². The Labute approximate surface area is 128 Å². The van der Waals surface area contributed by atoms with E-state index in [2.05, 4.69) is 27.7 Å². The molecule has 1 aromatic carbocycles. The maximum atomic E-state index is 12.4. The Balaban J connectivity index is 2.10. The lowest BCUT2D eigenvalue weighted by atomic mass is 9.75. The van der Waals surface area contributed by atoms with Gasteiger partial charge in [-0.05, 0) is 67.7 Å². The van der Waals surface area contributed by atoms with E-state index >= 15 is 0 Å².